The number of benzene rings is 1. The number of hydrogen-bond donors (Lipinski definition) is 1. The predicted molar refractivity (Wildman–Crippen MR) is 78.8 cm³/mol. The lowest BCUT2D eigenvalue weighted by Gasteiger charge is -2.18. The van der Waals surface area contributed by atoms with E-state index in [1.807, 2.05) is 11.8 Å². The van der Waals surface area contributed by atoms with Crippen LogP contribution in [0.1, 0.15) is 12.0 Å². The van der Waals surface area contributed by atoms with Gasteiger partial charge in [-0.25, -0.2) is 0 Å². The lowest BCUT2D eigenvalue weighted by molar-refractivity contribution is 0.185. The molecule has 18 heavy (non-hydrogen) atoms. The Morgan fingerprint density at radius 3 is 3.06 bits per heavy atom. The molecule has 2 atom stereocenters. The topological polar surface area (TPSA) is 21.3 Å². The quantitative estimate of drug-likeness (QED) is 0.779. The van der Waals surface area contributed by atoms with Crippen LogP contribution in [0.3, 0.4) is 0 Å². The molecule has 100 valence electrons. The van der Waals surface area contributed by atoms with Crippen LogP contribution in [0.4, 0.5) is 0 Å². The van der Waals surface area contributed by atoms with Gasteiger partial charge in [-0.05, 0) is 24.5 Å². The molecule has 0 aliphatic carbocycles. The lowest BCUT2D eigenvalue weighted by atomic mass is 10.1. The van der Waals surface area contributed by atoms with Crippen LogP contribution in [0.25, 0.3) is 0 Å². The largest absolute Gasteiger partial charge is 0.385 e. The van der Waals surface area contributed by atoms with E-state index in [0.717, 1.165) is 26.0 Å². The number of hydrogen-bond acceptors (Lipinski definition) is 3. The van der Waals surface area contributed by atoms with Crippen molar-refractivity contribution in [2.75, 3.05) is 26.1 Å². The van der Waals surface area contributed by atoms with Crippen molar-refractivity contribution >= 4 is 23.4 Å². The second kappa shape index (κ2) is 7.39. The highest BCUT2D eigenvalue weighted by Gasteiger charge is 2.22. The third-order valence-electron chi connectivity index (χ3n) is 3.20. The summed E-state index contributed by atoms with van der Waals surface area (Å²) in [5.41, 5.74) is 1.48. The smallest absolute Gasteiger partial charge is 0.0477 e. The molecule has 0 saturated carbocycles. The Morgan fingerprint density at radius 1 is 1.50 bits per heavy atom. The molecule has 1 N–H and O–H groups in total. The van der Waals surface area contributed by atoms with Crippen molar-refractivity contribution in [3.8, 4) is 0 Å². The summed E-state index contributed by atoms with van der Waals surface area (Å²) in [6.45, 7) is 1.78. The van der Waals surface area contributed by atoms with Gasteiger partial charge >= 0.3 is 0 Å². The van der Waals surface area contributed by atoms with Gasteiger partial charge in [0.15, 0.2) is 0 Å². The molecule has 1 aromatic rings. The number of fused-ring (bicyclic) bond motifs is 1. The van der Waals surface area contributed by atoms with Crippen LogP contribution in [0.2, 0.25) is 0 Å². The number of thioether (sulfide) groups is 1. The molecule has 0 radical (unpaired) electrons. The summed E-state index contributed by atoms with van der Waals surface area (Å²) < 4.78 is 5.09. The third kappa shape index (κ3) is 3.89. The molecular formula is C14H20ClNOS. The highest BCUT2D eigenvalue weighted by molar-refractivity contribution is 8.00. The Hall–Kier alpha value is -0.220. The number of nitrogens with one attached hydrogen (secondary N) is 1. The Labute approximate surface area is 118 Å². The van der Waals surface area contributed by atoms with Crippen molar-refractivity contribution in [3.05, 3.63) is 29.8 Å². The Balaban J connectivity index is 1.75. The molecule has 0 aromatic heterocycles. The number of methoxy groups -OCH3 is 1. The monoisotopic (exact) mass is 285 g/mol. The van der Waals surface area contributed by atoms with Crippen LogP contribution in [0, 0.1) is 0 Å². The van der Waals surface area contributed by atoms with Crippen molar-refractivity contribution in [1.82, 2.24) is 5.32 Å². The molecule has 0 bridgehead atoms. The van der Waals surface area contributed by atoms with Crippen LogP contribution >= 0.6 is 23.4 Å². The maximum Gasteiger partial charge on any atom is 0.0477 e. The first kappa shape index (κ1) is 14.2. The van der Waals surface area contributed by atoms with Gasteiger partial charge in [0.25, 0.3) is 0 Å². The minimum absolute atomic E-state index is 0.357. The van der Waals surface area contributed by atoms with Gasteiger partial charge in [-0.2, -0.15) is 0 Å². The van der Waals surface area contributed by atoms with E-state index in [2.05, 4.69) is 29.6 Å². The zero-order chi connectivity index (χ0) is 12.8. The third-order valence-corrected chi connectivity index (χ3v) is 4.90. The first-order valence-corrected chi connectivity index (χ1v) is 7.77. The number of rotatable bonds is 7. The molecule has 2 rings (SSSR count). The summed E-state index contributed by atoms with van der Waals surface area (Å²) in [4.78, 5) is 1.43. The second-order valence-corrected chi connectivity index (χ2v) is 6.24. The maximum absolute atomic E-state index is 5.95. The molecule has 4 heteroatoms. The Bertz CT molecular complexity index is 350. The van der Waals surface area contributed by atoms with E-state index >= 15 is 0 Å². The van der Waals surface area contributed by atoms with Gasteiger partial charge in [-0.3, -0.25) is 0 Å². The highest BCUT2D eigenvalue weighted by Crippen LogP contribution is 2.36. The number of ether oxygens (including phenoxy) is 1. The van der Waals surface area contributed by atoms with E-state index < -0.39 is 0 Å². The fourth-order valence-electron chi connectivity index (χ4n) is 2.16. The molecule has 0 spiro atoms. The van der Waals surface area contributed by atoms with Gasteiger partial charge in [-0.1, -0.05) is 18.2 Å². The van der Waals surface area contributed by atoms with Crippen LogP contribution in [0.15, 0.2) is 29.2 Å². The Kier molecular flexibility index (Phi) is 5.83. The fourth-order valence-corrected chi connectivity index (χ4v) is 3.68. The molecule has 2 nitrogen and oxygen atoms in total. The summed E-state index contributed by atoms with van der Waals surface area (Å²) >= 11 is 7.93. The van der Waals surface area contributed by atoms with Gasteiger partial charge in [-0.15, -0.1) is 23.4 Å². The van der Waals surface area contributed by atoms with Crippen molar-refractivity contribution in [1.29, 1.82) is 0 Å². The number of halogens is 1. The van der Waals surface area contributed by atoms with E-state index in [1.165, 1.54) is 10.5 Å². The van der Waals surface area contributed by atoms with Crippen molar-refractivity contribution in [2.24, 2.45) is 0 Å². The van der Waals surface area contributed by atoms with Crippen LogP contribution in [0.5, 0.6) is 0 Å². The molecular weight excluding hydrogens is 266 g/mol. The predicted octanol–water partition coefficient (Wildman–Crippen LogP) is 2.94. The summed E-state index contributed by atoms with van der Waals surface area (Å²) in [5, 5.41) is 4.18. The van der Waals surface area contributed by atoms with E-state index in [4.69, 9.17) is 16.3 Å². The minimum Gasteiger partial charge on any atom is -0.385 e. The van der Waals surface area contributed by atoms with Gasteiger partial charge in [0.05, 0.1) is 0 Å². The summed E-state index contributed by atoms with van der Waals surface area (Å²) in [7, 11) is 1.73. The minimum atomic E-state index is 0.357. The van der Waals surface area contributed by atoms with Crippen molar-refractivity contribution in [2.45, 2.75) is 29.0 Å². The van der Waals surface area contributed by atoms with Gasteiger partial charge < -0.3 is 10.1 Å². The van der Waals surface area contributed by atoms with Gasteiger partial charge in [0.2, 0.25) is 0 Å². The average molecular weight is 286 g/mol. The Morgan fingerprint density at radius 2 is 2.33 bits per heavy atom. The summed E-state index contributed by atoms with van der Waals surface area (Å²) in [5.74, 6) is 0.647. The molecule has 1 aliphatic rings. The molecule has 1 aromatic carbocycles. The average Bonchev–Trinajstić information content (AvgIpc) is 2.81. The first-order valence-electron chi connectivity index (χ1n) is 6.36. The van der Waals surface area contributed by atoms with E-state index in [-0.39, 0.29) is 0 Å². The number of alkyl halides is 1. The SMILES string of the molecule is COCCC(CCl)NCC1Cc2ccccc2S1. The van der Waals surface area contributed by atoms with E-state index in [9.17, 15) is 0 Å². The van der Waals surface area contributed by atoms with Crippen LogP contribution in [-0.2, 0) is 11.2 Å². The van der Waals surface area contributed by atoms with Gasteiger partial charge in [0.1, 0.15) is 0 Å². The zero-order valence-electron chi connectivity index (χ0n) is 10.7. The van der Waals surface area contributed by atoms with E-state index in [1.54, 1.807) is 7.11 Å². The molecule has 2 unspecified atom stereocenters. The van der Waals surface area contributed by atoms with E-state index in [0.29, 0.717) is 17.2 Å². The van der Waals surface area contributed by atoms with Crippen LogP contribution in [-0.4, -0.2) is 37.4 Å². The van der Waals surface area contributed by atoms with Crippen molar-refractivity contribution < 1.29 is 4.74 Å². The first-order chi connectivity index (χ1) is 8.83. The lowest BCUT2D eigenvalue weighted by Crippen LogP contribution is -2.36. The standard InChI is InChI=1S/C14H20ClNOS/c1-17-7-6-12(9-15)16-10-13-8-11-4-2-3-5-14(11)18-13/h2-5,12-13,16H,6-10H2,1H3. The molecule has 1 heterocycles. The second-order valence-electron chi connectivity index (χ2n) is 4.59. The van der Waals surface area contributed by atoms with Gasteiger partial charge in [0, 0.05) is 42.3 Å². The maximum atomic E-state index is 5.95. The zero-order valence-corrected chi connectivity index (χ0v) is 12.3. The molecule has 1 aliphatic heterocycles. The highest BCUT2D eigenvalue weighted by atomic mass is 35.5. The normalized spacial score (nSPS) is 19.8. The molecule has 0 amide bonds. The van der Waals surface area contributed by atoms with Crippen LogP contribution < -0.4 is 5.32 Å². The molecule has 0 saturated heterocycles. The van der Waals surface area contributed by atoms with Crippen molar-refractivity contribution in [3.63, 3.8) is 0 Å². The summed E-state index contributed by atoms with van der Waals surface area (Å²) in [6, 6.07) is 9.03. The summed E-state index contributed by atoms with van der Waals surface area (Å²) in [6.07, 6.45) is 2.14. The molecule has 0 fully saturated rings. The fraction of sp³-hybridized carbons (Fsp3) is 0.571.